The Morgan fingerprint density at radius 3 is 2.27 bits per heavy atom. The van der Waals surface area contributed by atoms with Crippen LogP contribution in [0.2, 0.25) is 0 Å². The molecule has 0 saturated carbocycles. The van der Waals surface area contributed by atoms with E-state index in [-0.39, 0.29) is 24.6 Å². The second kappa shape index (κ2) is 9.52. The Bertz CT molecular complexity index is 553. The lowest BCUT2D eigenvalue weighted by atomic mass is 9.77. The third kappa shape index (κ3) is 6.41. The third-order valence-electron chi connectivity index (χ3n) is 3.72. The van der Waals surface area contributed by atoms with E-state index in [4.69, 9.17) is 14.0 Å². The predicted molar refractivity (Wildman–Crippen MR) is 84.2 cm³/mol. The molecule has 1 aliphatic heterocycles. The van der Waals surface area contributed by atoms with E-state index < -0.39 is 30.9 Å². The summed E-state index contributed by atoms with van der Waals surface area (Å²) in [5.41, 5.74) is -0.0585. The van der Waals surface area contributed by atoms with E-state index in [1.54, 1.807) is 0 Å². The van der Waals surface area contributed by atoms with Crippen molar-refractivity contribution in [1.82, 2.24) is 0 Å². The molecule has 1 aromatic carbocycles. The quantitative estimate of drug-likeness (QED) is 0.392. The molecule has 0 N–H and O–H groups in total. The minimum Gasteiger partial charge on any atom is -0.407 e. The molecule has 0 atom stereocenters. The van der Waals surface area contributed by atoms with Crippen molar-refractivity contribution in [2.24, 2.45) is 5.92 Å². The first-order chi connectivity index (χ1) is 12.3. The first-order valence-electron chi connectivity index (χ1n) is 8.35. The zero-order valence-corrected chi connectivity index (χ0v) is 14.3. The van der Waals surface area contributed by atoms with E-state index in [0.29, 0.717) is 25.3 Å². The van der Waals surface area contributed by atoms with E-state index in [2.05, 4.69) is 11.7 Å². The van der Waals surface area contributed by atoms with Gasteiger partial charge in [0.25, 0.3) is 0 Å². The van der Waals surface area contributed by atoms with Gasteiger partial charge in [-0.15, -0.1) is 13.2 Å². The van der Waals surface area contributed by atoms with E-state index >= 15 is 0 Å². The molecule has 1 fully saturated rings. The highest BCUT2D eigenvalue weighted by Crippen LogP contribution is 2.28. The molecular formula is C16H20BF5O4. The van der Waals surface area contributed by atoms with Gasteiger partial charge in [-0.1, -0.05) is 19.8 Å². The van der Waals surface area contributed by atoms with Crippen molar-refractivity contribution in [3.63, 3.8) is 0 Å². The normalized spacial score (nSPS) is 16.2. The highest BCUT2D eigenvalue weighted by Gasteiger charge is 2.36. The van der Waals surface area contributed by atoms with Gasteiger partial charge in [0.15, 0.2) is 11.6 Å². The smallest absolute Gasteiger partial charge is 0.407 e. The molecule has 1 heterocycles. The van der Waals surface area contributed by atoms with Gasteiger partial charge < -0.3 is 18.8 Å². The van der Waals surface area contributed by atoms with Crippen molar-refractivity contribution in [2.75, 3.05) is 26.4 Å². The Labute approximate surface area is 148 Å². The summed E-state index contributed by atoms with van der Waals surface area (Å²) in [5.74, 6) is -4.48. The van der Waals surface area contributed by atoms with Gasteiger partial charge >= 0.3 is 13.5 Å². The SMILES string of the molecule is CCCCCOCC1COB(c2cc(F)c(OC(F)(F)F)c(F)c2)OC1. The van der Waals surface area contributed by atoms with Crippen molar-refractivity contribution in [3.05, 3.63) is 23.8 Å². The molecule has 1 aliphatic rings. The first kappa shape index (κ1) is 20.9. The molecule has 1 aromatic rings. The Kier molecular flexibility index (Phi) is 7.66. The van der Waals surface area contributed by atoms with Crippen molar-refractivity contribution < 1.29 is 40.7 Å². The van der Waals surface area contributed by atoms with Crippen LogP contribution in [0.4, 0.5) is 22.0 Å². The summed E-state index contributed by atoms with van der Waals surface area (Å²) < 4.78 is 83.6. The molecule has 0 spiro atoms. The maximum Gasteiger partial charge on any atom is 0.573 e. The van der Waals surface area contributed by atoms with E-state index in [1.165, 1.54) is 0 Å². The van der Waals surface area contributed by atoms with Crippen molar-refractivity contribution in [3.8, 4) is 5.75 Å². The number of unbranched alkanes of at least 4 members (excludes halogenated alkanes) is 2. The predicted octanol–water partition coefficient (Wildman–Crippen LogP) is 3.43. The molecule has 1 saturated heterocycles. The van der Waals surface area contributed by atoms with Crippen molar-refractivity contribution in [2.45, 2.75) is 32.5 Å². The van der Waals surface area contributed by atoms with Crippen molar-refractivity contribution in [1.29, 1.82) is 0 Å². The summed E-state index contributed by atoms with van der Waals surface area (Å²) in [5, 5.41) is 0. The molecule has 26 heavy (non-hydrogen) atoms. The standard InChI is InChI=1S/C16H20BF5O4/c1-2-3-4-5-23-8-11-9-24-17(25-10-11)12-6-13(18)15(14(19)7-12)26-16(20,21)22/h6-7,11H,2-5,8-10H2,1H3. The number of benzene rings is 1. The molecule has 146 valence electrons. The molecule has 0 amide bonds. The van der Waals surface area contributed by atoms with Crippen LogP contribution in [0.3, 0.4) is 0 Å². The molecule has 4 nitrogen and oxygen atoms in total. The fourth-order valence-corrected chi connectivity index (χ4v) is 2.46. The lowest BCUT2D eigenvalue weighted by Crippen LogP contribution is -2.45. The minimum atomic E-state index is -5.19. The van der Waals surface area contributed by atoms with Gasteiger partial charge in [0.05, 0.1) is 6.61 Å². The molecule has 0 radical (unpaired) electrons. The fourth-order valence-electron chi connectivity index (χ4n) is 2.46. The van der Waals surface area contributed by atoms with E-state index in [1.807, 2.05) is 0 Å². The molecule has 0 aliphatic carbocycles. The van der Waals surface area contributed by atoms with Gasteiger partial charge in [-0.05, 0) is 24.0 Å². The lowest BCUT2D eigenvalue weighted by molar-refractivity contribution is -0.276. The van der Waals surface area contributed by atoms with Crippen LogP contribution in [0.15, 0.2) is 12.1 Å². The number of hydrogen-bond donors (Lipinski definition) is 0. The van der Waals surface area contributed by atoms with Gasteiger partial charge in [0.2, 0.25) is 5.75 Å². The summed E-state index contributed by atoms with van der Waals surface area (Å²) in [7, 11) is -1.06. The molecular weight excluding hydrogens is 362 g/mol. The number of alkyl halides is 3. The highest BCUT2D eigenvalue weighted by molar-refractivity contribution is 6.61. The Hall–Kier alpha value is -1.39. The molecule has 0 bridgehead atoms. The summed E-state index contributed by atoms with van der Waals surface area (Å²) in [6.07, 6.45) is -2.03. The van der Waals surface area contributed by atoms with Crippen LogP contribution in [0.25, 0.3) is 0 Å². The molecule has 10 heteroatoms. The van der Waals surface area contributed by atoms with Crippen LogP contribution in [-0.4, -0.2) is 39.9 Å². The second-order valence-electron chi connectivity index (χ2n) is 6.01. The molecule has 0 unspecified atom stereocenters. The largest absolute Gasteiger partial charge is 0.573 e. The van der Waals surface area contributed by atoms with Crippen LogP contribution in [-0.2, 0) is 14.0 Å². The molecule has 2 rings (SSSR count). The van der Waals surface area contributed by atoms with E-state index in [9.17, 15) is 22.0 Å². The number of halogens is 5. The average molecular weight is 382 g/mol. The Morgan fingerprint density at radius 2 is 1.73 bits per heavy atom. The maximum absolute atomic E-state index is 13.7. The monoisotopic (exact) mass is 382 g/mol. The van der Waals surface area contributed by atoms with Gasteiger partial charge in [0, 0.05) is 25.7 Å². The van der Waals surface area contributed by atoms with Gasteiger partial charge in [-0.2, -0.15) is 0 Å². The first-order valence-corrected chi connectivity index (χ1v) is 8.35. The van der Waals surface area contributed by atoms with Crippen LogP contribution >= 0.6 is 0 Å². The summed E-state index contributed by atoms with van der Waals surface area (Å²) in [4.78, 5) is 0. The van der Waals surface area contributed by atoms with Crippen molar-refractivity contribution >= 4 is 12.6 Å². The Balaban J connectivity index is 1.87. The summed E-state index contributed by atoms with van der Waals surface area (Å²) >= 11 is 0. The van der Waals surface area contributed by atoms with Gasteiger partial charge in [-0.3, -0.25) is 0 Å². The summed E-state index contributed by atoms with van der Waals surface area (Å²) in [6.45, 7) is 3.68. The van der Waals surface area contributed by atoms with E-state index in [0.717, 1.165) is 19.3 Å². The van der Waals surface area contributed by atoms with Crippen LogP contribution in [0.5, 0.6) is 5.75 Å². The van der Waals surface area contributed by atoms with Gasteiger partial charge in [0.1, 0.15) is 0 Å². The second-order valence-corrected chi connectivity index (χ2v) is 6.01. The lowest BCUT2D eigenvalue weighted by Gasteiger charge is -2.27. The highest BCUT2D eigenvalue weighted by atomic mass is 19.4. The topological polar surface area (TPSA) is 36.9 Å². The molecule has 0 aromatic heterocycles. The van der Waals surface area contributed by atoms with Gasteiger partial charge in [-0.25, -0.2) is 8.78 Å². The zero-order valence-electron chi connectivity index (χ0n) is 14.3. The summed E-state index contributed by atoms with van der Waals surface area (Å²) in [6, 6.07) is 1.41. The maximum atomic E-state index is 13.7. The Morgan fingerprint density at radius 1 is 1.12 bits per heavy atom. The van der Waals surface area contributed by atoms with Crippen LogP contribution in [0, 0.1) is 17.6 Å². The number of hydrogen-bond acceptors (Lipinski definition) is 4. The van der Waals surface area contributed by atoms with Crippen LogP contribution in [0.1, 0.15) is 26.2 Å². The fraction of sp³-hybridized carbons (Fsp3) is 0.625. The average Bonchev–Trinajstić information content (AvgIpc) is 2.57. The van der Waals surface area contributed by atoms with Crippen LogP contribution < -0.4 is 10.2 Å². The third-order valence-corrected chi connectivity index (χ3v) is 3.72. The minimum absolute atomic E-state index is 0.0181. The number of rotatable bonds is 8. The zero-order chi connectivity index (χ0) is 19.2. The number of ether oxygens (including phenoxy) is 2.